The molecule has 4 aliphatic rings. The lowest BCUT2D eigenvalue weighted by molar-refractivity contribution is 0.790. The average Bonchev–Trinajstić information content (AvgIpc) is 4.23. The number of rotatable bonds is 12. The van der Waals surface area contributed by atoms with Crippen LogP contribution in [-0.2, 0) is 5.41 Å². The molecule has 6 aromatic heterocycles. The van der Waals surface area contributed by atoms with Crippen molar-refractivity contribution in [3.8, 4) is 22.3 Å². The molecule has 4 aromatic carbocycles. The molecule has 69 heavy (non-hydrogen) atoms. The molecular formula is C57H40N4S8. The fraction of sp³-hybridized carbons (Fsp3) is 0.0877. The van der Waals surface area contributed by atoms with Crippen LogP contribution in [0.1, 0.15) is 35.1 Å². The van der Waals surface area contributed by atoms with Crippen molar-refractivity contribution in [2.24, 2.45) is 0 Å². The monoisotopic (exact) mass is 1040 g/mol. The summed E-state index contributed by atoms with van der Waals surface area (Å²) in [5.74, 6) is 0. The first kappa shape index (κ1) is 42.3. The second-order valence-electron chi connectivity index (χ2n) is 17.2. The van der Waals surface area contributed by atoms with Crippen LogP contribution < -0.4 is 19.6 Å². The number of anilines is 10. The van der Waals surface area contributed by atoms with E-state index in [2.05, 4.69) is 220 Å². The van der Waals surface area contributed by atoms with Crippen molar-refractivity contribution >= 4 is 144 Å². The molecule has 0 amide bonds. The smallest absolute Gasteiger partial charge is 0.101 e. The molecule has 0 N–H and O–H groups in total. The molecule has 2 unspecified atom stereocenters. The molecule has 336 valence electrons. The van der Waals surface area contributed by atoms with Crippen LogP contribution in [0.2, 0.25) is 0 Å². The minimum absolute atomic E-state index is 0.265. The Hall–Kier alpha value is -5.54. The van der Waals surface area contributed by atoms with Gasteiger partial charge in [0.1, 0.15) is 20.0 Å². The lowest BCUT2D eigenvalue weighted by Gasteiger charge is -2.35. The molecule has 14 rings (SSSR count). The molecule has 12 heteroatoms. The molecule has 0 bridgehead atoms. The highest BCUT2D eigenvalue weighted by Gasteiger charge is 2.53. The summed E-state index contributed by atoms with van der Waals surface area (Å²) >= 11 is 14.6. The van der Waals surface area contributed by atoms with Crippen LogP contribution in [0.5, 0.6) is 0 Å². The van der Waals surface area contributed by atoms with E-state index in [1.165, 1.54) is 85.9 Å². The minimum atomic E-state index is -0.676. The van der Waals surface area contributed by atoms with Crippen LogP contribution in [0.3, 0.4) is 0 Å². The second kappa shape index (κ2) is 17.4. The Bertz CT molecular complexity index is 3180. The Kier molecular flexibility index (Phi) is 10.7. The molecule has 4 nitrogen and oxygen atoms in total. The molecule has 1 spiro atoms. The number of fused-ring (bicyclic) bond motifs is 10. The van der Waals surface area contributed by atoms with E-state index in [1.54, 1.807) is 45.3 Å². The average molecular weight is 1040 g/mol. The number of hydrogen-bond donors (Lipinski definition) is 0. The van der Waals surface area contributed by atoms with Gasteiger partial charge >= 0.3 is 0 Å². The summed E-state index contributed by atoms with van der Waals surface area (Å²) in [5, 5.41) is 25.6. The van der Waals surface area contributed by atoms with Crippen LogP contribution in [-0.4, -0.2) is 10.7 Å². The van der Waals surface area contributed by atoms with Crippen molar-refractivity contribution in [3.63, 3.8) is 0 Å². The topological polar surface area (TPSA) is 13.0 Å². The maximum Gasteiger partial charge on any atom is 0.101 e. The zero-order valence-corrected chi connectivity index (χ0v) is 43.3. The van der Waals surface area contributed by atoms with Crippen LogP contribution >= 0.6 is 91.5 Å². The summed E-state index contributed by atoms with van der Waals surface area (Å²) in [4.78, 5) is 10.1. The third-order valence-electron chi connectivity index (χ3n) is 13.6. The molecule has 0 saturated carbocycles. The van der Waals surface area contributed by atoms with Crippen molar-refractivity contribution in [2.45, 2.75) is 29.0 Å². The maximum atomic E-state index is 2.59. The van der Waals surface area contributed by atoms with Gasteiger partial charge in [0.15, 0.2) is 0 Å². The van der Waals surface area contributed by atoms with Gasteiger partial charge in [-0.15, -0.1) is 91.5 Å². The zero-order valence-electron chi connectivity index (χ0n) is 36.8. The van der Waals surface area contributed by atoms with Gasteiger partial charge in [0.2, 0.25) is 0 Å². The lowest BCUT2D eigenvalue weighted by atomic mass is 9.70. The number of benzene rings is 4. The van der Waals surface area contributed by atoms with E-state index in [4.69, 9.17) is 0 Å². The van der Waals surface area contributed by atoms with Crippen LogP contribution in [0.25, 0.3) is 22.3 Å². The largest absolute Gasteiger partial charge is 0.320 e. The van der Waals surface area contributed by atoms with E-state index in [0.29, 0.717) is 0 Å². The lowest BCUT2D eigenvalue weighted by Crippen LogP contribution is -2.29. The summed E-state index contributed by atoms with van der Waals surface area (Å²) < 4.78 is 0. The fourth-order valence-corrected chi connectivity index (χ4v) is 17.7. The molecule has 2 atom stereocenters. The highest BCUT2D eigenvalue weighted by Crippen LogP contribution is 2.66. The molecule has 0 saturated heterocycles. The summed E-state index contributed by atoms with van der Waals surface area (Å²) in [5.41, 5.74) is 14.5. The SMILES string of the molecule is C1=CSC(N(c2ccc3c(c2)C2(c4cc(N(c5cccs5)c5cccs5)ccc4-3)c3cc(N(c4cccs4)c4cccs4)ccc3-c3ccc(N(c4cccs4)C4CC=CS4)cc32)c2cccs2)C1. The van der Waals surface area contributed by atoms with E-state index in [-0.39, 0.29) is 10.7 Å². The third kappa shape index (κ3) is 6.86. The number of thiophene rings is 6. The molecular weight excluding hydrogens is 997 g/mol. The van der Waals surface area contributed by atoms with Crippen molar-refractivity contribution < 1.29 is 0 Å². The third-order valence-corrected chi connectivity index (χ3v) is 20.9. The first-order valence-corrected chi connectivity index (χ1v) is 30.0. The maximum absolute atomic E-state index is 2.59. The Labute approximate surface area is 434 Å². The van der Waals surface area contributed by atoms with E-state index >= 15 is 0 Å². The number of nitrogens with zero attached hydrogens (tertiary/aromatic N) is 4. The van der Waals surface area contributed by atoms with Gasteiger partial charge in [-0.3, -0.25) is 9.80 Å². The van der Waals surface area contributed by atoms with Crippen LogP contribution in [0, 0.1) is 0 Å². The minimum Gasteiger partial charge on any atom is -0.320 e. The summed E-state index contributed by atoms with van der Waals surface area (Å²) in [6.45, 7) is 0. The molecule has 2 aliphatic carbocycles. The van der Waals surface area contributed by atoms with Gasteiger partial charge < -0.3 is 9.80 Å². The van der Waals surface area contributed by atoms with E-state index in [1.807, 2.05) is 46.2 Å². The predicted octanol–water partition coefficient (Wildman–Crippen LogP) is 19.6. The molecule has 0 fully saturated rings. The first-order chi connectivity index (χ1) is 34.2. The van der Waals surface area contributed by atoms with E-state index in [0.717, 1.165) is 24.2 Å². The van der Waals surface area contributed by atoms with Gasteiger partial charge in [0.25, 0.3) is 0 Å². The summed E-state index contributed by atoms with van der Waals surface area (Å²) in [6, 6.07) is 56.1. The summed E-state index contributed by atoms with van der Waals surface area (Å²) in [6.07, 6.45) is 6.63. The quantitative estimate of drug-likeness (QED) is 0.120. The van der Waals surface area contributed by atoms with Gasteiger partial charge in [-0.2, -0.15) is 0 Å². The zero-order chi connectivity index (χ0) is 45.5. The summed E-state index contributed by atoms with van der Waals surface area (Å²) in [7, 11) is 0. The number of hydrogen-bond acceptors (Lipinski definition) is 12. The molecule has 8 heterocycles. The Morgan fingerprint density at radius 1 is 0.348 bits per heavy atom. The van der Waals surface area contributed by atoms with Gasteiger partial charge in [-0.25, -0.2) is 0 Å². The highest BCUT2D eigenvalue weighted by atomic mass is 32.2. The highest BCUT2D eigenvalue weighted by molar-refractivity contribution is 8.03. The first-order valence-electron chi connectivity index (χ1n) is 22.8. The standard InChI is InChI=1S/C57H40N4S8/c1-9-49(62-25-1)58(50-10-2-26-63-50)37-17-21-41-42-22-18-38(59(51-11-3-27-64-51)52-12-4-28-65-52)34-46(42)57(45(41)33-37)47-35-39(60(53-13-5-29-66-53)54-14-6-30-67-54)19-23-43(47)44-24-20-40(36-48(44)57)61(55-15-7-31-68-55)56-16-8-32-69-56/h1-11,13-15,17-36,52,56H,12,16H2. The Morgan fingerprint density at radius 3 is 0.942 bits per heavy atom. The van der Waals surface area contributed by atoms with Gasteiger partial charge in [0.05, 0.1) is 26.2 Å². The Morgan fingerprint density at radius 2 is 0.652 bits per heavy atom. The molecule has 0 radical (unpaired) electrons. The predicted molar refractivity (Wildman–Crippen MR) is 307 cm³/mol. The van der Waals surface area contributed by atoms with Crippen molar-refractivity contribution in [3.05, 3.63) is 223 Å². The second-order valence-corrected chi connectivity index (χ2v) is 24.9. The van der Waals surface area contributed by atoms with Gasteiger partial charge in [0, 0.05) is 22.7 Å². The van der Waals surface area contributed by atoms with Crippen LogP contribution in [0.4, 0.5) is 52.8 Å². The van der Waals surface area contributed by atoms with Crippen molar-refractivity contribution in [1.82, 2.24) is 0 Å². The van der Waals surface area contributed by atoms with Gasteiger partial charge in [-0.05, 0) is 222 Å². The molecule has 10 aromatic rings. The van der Waals surface area contributed by atoms with E-state index < -0.39 is 5.41 Å². The van der Waals surface area contributed by atoms with Crippen molar-refractivity contribution in [2.75, 3.05) is 19.6 Å². The fourth-order valence-electron chi connectivity index (χ4n) is 10.8. The van der Waals surface area contributed by atoms with Crippen molar-refractivity contribution in [1.29, 1.82) is 0 Å². The number of thioether (sulfide) groups is 2. The molecule has 2 aliphatic heterocycles. The normalized spacial score (nSPS) is 18.1. The van der Waals surface area contributed by atoms with Gasteiger partial charge in [-0.1, -0.05) is 36.4 Å². The van der Waals surface area contributed by atoms with Crippen LogP contribution in [0.15, 0.2) is 201 Å². The van der Waals surface area contributed by atoms with E-state index in [9.17, 15) is 0 Å². The Balaban J connectivity index is 1.08.